The Labute approximate surface area is 286 Å². The molecule has 4 aromatic carbocycles. The zero-order valence-electron chi connectivity index (χ0n) is 26.5. The van der Waals surface area contributed by atoms with Gasteiger partial charge in [-0.2, -0.15) is 13.2 Å². The van der Waals surface area contributed by atoms with Crippen LogP contribution in [-0.2, 0) is 32.3 Å². The summed E-state index contributed by atoms with van der Waals surface area (Å²) in [5.74, 6) is -1.75. The molecule has 1 aliphatic heterocycles. The Morgan fingerprint density at radius 2 is 1.59 bits per heavy atom. The number of nitrogens with zero attached hydrogens (tertiary/aromatic N) is 1. The topological polar surface area (TPSA) is 139 Å². The first-order valence-electron chi connectivity index (χ1n) is 15.1. The predicted octanol–water partition coefficient (Wildman–Crippen LogP) is 5.74. The number of halogens is 3. The van der Waals surface area contributed by atoms with Crippen molar-refractivity contribution in [2.45, 2.75) is 54.4 Å². The van der Waals surface area contributed by atoms with Crippen molar-refractivity contribution in [3.05, 3.63) is 114 Å². The number of hydrogen-bond acceptors (Lipinski definition) is 7. The van der Waals surface area contributed by atoms with Gasteiger partial charge in [-0.1, -0.05) is 60.7 Å². The van der Waals surface area contributed by atoms with Crippen LogP contribution in [0.25, 0.3) is 11.1 Å². The highest BCUT2D eigenvalue weighted by Gasteiger charge is 2.36. The van der Waals surface area contributed by atoms with Gasteiger partial charge in [-0.3, -0.25) is 14.4 Å². The molecule has 0 radical (unpaired) electrons. The Bertz CT molecular complexity index is 1980. The number of rotatable bonds is 9. The molecule has 5 rings (SSSR count). The number of alkyl halides is 3. The van der Waals surface area contributed by atoms with Gasteiger partial charge in [0.25, 0.3) is 21.8 Å². The molecule has 0 bridgehead atoms. The second kappa shape index (κ2) is 14.1. The minimum absolute atomic E-state index is 0.00535. The summed E-state index contributed by atoms with van der Waals surface area (Å²) < 4.78 is 69.5. The van der Waals surface area contributed by atoms with E-state index in [9.17, 15) is 36.0 Å². The molecule has 14 heteroatoms. The molecule has 4 aromatic rings. The molecule has 9 nitrogen and oxygen atoms in total. The molecule has 1 aliphatic rings. The van der Waals surface area contributed by atoms with Crippen LogP contribution >= 0.6 is 11.8 Å². The van der Waals surface area contributed by atoms with Crippen LogP contribution in [0.15, 0.2) is 107 Å². The van der Waals surface area contributed by atoms with Gasteiger partial charge in [0.15, 0.2) is 0 Å². The molecule has 49 heavy (non-hydrogen) atoms. The van der Waals surface area contributed by atoms with Crippen molar-refractivity contribution in [3.63, 3.8) is 0 Å². The van der Waals surface area contributed by atoms with Crippen LogP contribution < -0.4 is 20.7 Å². The van der Waals surface area contributed by atoms with Gasteiger partial charge in [-0.15, -0.1) is 11.8 Å². The first-order chi connectivity index (χ1) is 23.0. The maximum Gasteiger partial charge on any atom is 0.416 e. The highest BCUT2D eigenvalue weighted by molar-refractivity contribution is 7.99. The molecule has 0 unspecified atom stereocenters. The summed E-state index contributed by atoms with van der Waals surface area (Å²) in [5, 5.41) is 2.70. The normalized spacial score (nSPS) is 15.3. The SMILES string of the molecule is CC(C)(N)CC(=O)N[C@@H]1CSc2cc(C(F)(F)F)ccc2N(Cc2ccc(-c3ccccc3S(=O)(=O)NC(=O)c3ccccc3)cc2)C1=O. The number of fused-ring (bicyclic) bond motifs is 1. The Kier molecular flexibility index (Phi) is 10.2. The minimum Gasteiger partial charge on any atom is -0.343 e. The Morgan fingerprint density at radius 3 is 2.24 bits per heavy atom. The van der Waals surface area contributed by atoms with Crippen LogP contribution in [-0.4, -0.2) is 43.5 Å². The molecule has 1 heterocycles. The summed E-state index contributed by atoms with van der Waals surface area (Å²) in [4.78, 5) is 40.7. The predicted molar refractivity (Wildman–Crippen MR) is 181 cm³/mol. The number of sulfonamides is 1. The molecule has 0 fully saturated rings. The maximum atomic E-state index is 13.9. The molecular weight excluding hydrogens is 678 g/mol. The molecule has 0 saturated carbocycles. The Balaban J connectivity index is 1.43. The van der Waals surface area contributed by atoms with E-state index in [0.717, 1.165) is 23.9 Å². The first-order valence-corrected chi connectivity index (χ1v) is 17.5. The third-order valence-electron chi connectivity index (χ3n) is 7.54. The van der Waals surface area contributed by atoms with E-state index in [1.807, 2.05) is 0 Å². The number of carbonyl (C=O) groups excluding carboxylic acids is 3. The molecule has 0 aromatic heterocycles. The van der Waals surface area contributed by atoms with Gasteiger partial charge >= 0.3 is 6.18 Å². The van der Waals surface area contributed by atoms with Crippen molar-refractivity contribution in [1.29, 1.82) is 0 Å². The van der Waals surface area contributed by atoms with Gasteiger partial charge in [-0.05, 0) is 61.4 Å². The van der Waals surface area contributed by atoms with Gasteiger partial charge in [-0.25, -0.2) is 13.1 Å². The maximum absolute atomic E-state index is 13.9. The van der Waals surface area contributed by atoms with Crippen molar-refractivity contribution in [2.75, 3.05) is 10.7 Å². The van der Waals surface area contributed by atoms with Crippen molar-refractivity contribution in [3.8, 4) is 11.1 Å². The second-order valence-corrected chi connectivity index (χ2v) is 14.9. The summed E-state index contributed by atoms with van der Waals surface area (Å²) in [5.41, 5.74) is 6.10. The number of nitrogens with one attached hydrogen (secondary N) is 2. The third-order valence-corrected chi connectivity index (χ3v) is 10.1. The number of thioether (sulfide) groups is 1. The van der Waals surface area contributed by atoms with Crippen molar-refractivity contribution in [1.82, 2.24) is 10.0 Å². The van der Waals surface area contributed by atoms with E-state index >= 15 is 0 Å². The molecule has 4 N–H and O–H groups in total. The minimum atomic E-state index is -4.60. The molecule has 3 amide bonds. The average Bonchev–Trinajstić information content (AvgIpc) is 3.16. The number of hydrogen-bond donors (Lipinski definition) is 3. The van der Waals surface area contributed by atoms with E-state index < -0.39 is 51.1 Å². The lowest BCUT2D eigenvalue weighted by Crippen LogP contribution is -2.51. The fourth-order valence-corrected chi connectivity index (χ4v) is 7.56. The van der Waals surface area contributed by atoms with Crippen LogP contribution in [0.5, 0.6) is 0 Å². The Hall–Kier alpha value is -4.66. The third kappa shape index (κ3) is 8.69. The van der Waals surface area contributed by atoms with Crippen LogP contribution in [0.3, 0.4) is 0 Å². The van der Waals surface area contributed by atoms with E-state index in [0.29, 0.717) is 16.7 Å². The lowest BCUT2D eigenvalue weighted by atomic mass is 10.0. The summed E-state index contributed by atoms with van der Waals surface area (Å²) in [6.07, 6.45) is -4.66. The lowest BCUT2D eigenvalue weighted by Gasteiger charge is -2.27. The summed E-state index contributed by atoms with van der Waals surface area (Å²) in [6.45, 7) is 3.27. The Morgan fingerprint density at radius 1 is 0.939 bits per heavy atom. The number of benzene rings is 4. The standard InChI is InChI=1S/C35H33F3N4O5S2/c1-34(2,39)19-31(43)40-27-21-48-29-18-25(35(36,37)38)16-17-28(29)42(33(27)45)20-22-12-14-23(15-13-22)26-10-6-7-11-30(26)49(46,47)41-32(44)24-8-4-3-5-9-24/h3-18,27H,19-21,39H2,1-2H3,(H,40,43)(H,41,44)/t27-/m1/s1. The fourth-order valence-electron chi connectivity index (χ4n) is 5.24. The van der Waals surface area contributed by atoms with Crippen molar-refractivity contribution in [2.24, 2.45) is 5.73 Å². The van der Waals surface area contributed by atoms with Gasteiger partial charge in [0, 0.05) is 33.7 Å². The monoisotopic (exact) mass is 710 g/mol. The van der Waals surface area contributed by atoms with Crippen LogP contribution in [0, 0.1) is 0 Å². The van der Waals surface area contributed by atoms with E-state index in [1.54, 1.807) is 68.4 Å². The fraction of sp³-hybridized carbons (Fsp3) is 0.229. The number of amides is 3. The summed E-state index contributed by atoms with van der Waals surface area (Å²) in [6, 6.07) is 22.8. The highest BCUT2D eigenvalue weighted by Crippen LogP contribution is 2.40. The molecule has 1 atom stereocenters. The number of anilines is 1. The van der Waals surface area contributed by atoms with Gasteiger partial charge in [0.2, 0.25) is 5.91 Å². The van der Waals surface area contributed by atoms with Gasteiger partial charge in [0.1, 0.15) is 6.04 Å². The molecule has 0 saturated heterocycles. The van der Waals surface area contributed by atoms with E-state index in [4.69, 9.17) is 5.73 Å². The van der Waals surface area contributed by atoms with Gasteiger partial charge in [0.05, 0.1) is 22.7 Å². The smallest absolute Gasteiger partial charge is 0.343 e. The number of carbonyl (C=O) groups is 3. The van der Waals surface area contributed by atoms with Crippen molar-refractivity contribution >= 4 is 45.2 Å². The van der Waals surface area contributed by atoms with Crippen LogP contribution in [0.4, 0.5) is 18.9 Å². The van der Waals surface area contributed by atoms with Crippen molar-refractivity contribution < 1.29 is 36.0 Å². The molecule has 0 aliphatic carbocycles. The highest BCUT2D eigenvalue weighted by atomic mass is 32.2. The second-order valence-electron chi connectivity index (χ2n) is 12.2. The molecular formula is C35H33F3N4O5S2. The molecule has 0 spiro atoms. The van der Waals surface area contributed by atoms with E-state index in [-0.39, 0.29) is 39.8 Å². The first kappa shape index (κ1) is 35.6. The molecule has 256 valence electrons. The average molecular weight is 711 g/mol. The summed E-state index contributed by atoms with van der Waals surface area (Å²) in [7, 11) is -4.28. The zero-order chi connectivity index (χ0) is 35.6. The van der Waals surface area contributed by atoms with E-state index in [1.165, 1.54) is 35.2 Å². The van der Waals surface area contributed by atoms with Crippen LogP contribution in [0.1, 0.15) is 41.8 Å². The van der Waals surface area contributed by atoms with Crippen LogP contribution in [0.2, 0.25) is 0 Å². The quantitative estimate of drug-likeness (QED) is 0.201. The number of nitrogens with two attached hydrogens (primary N) is 1. The van der Waals surface area contributed by atoms with E-state index in [2.05, 4.69) is 10.0 Å². The lowest BCUT2D eigenvalue weighted by molar-refractivity contribution is -0.137. The zero-order valence-corrected chi connectivity index (χ0v) is 28.1. The largest absolute Gasteiger partial charge is 0.416 e. The van der Waals surface area contributed by atoms with Gasteiger partial charge < -0.3 is 16.0 Å². The summed E-state index contributed by atoms with van der Waals surface area (Å²) >= 11 is 1.04.